The summed E-state index contributed by atoms with van der Waals surface area (Å²) >= 11 is 9.41. The van der Waals surface area contributed by atoms with Crippen LogP contribution in [-0.4, -0.2) is 5.11 Å². The van der Waals surface area contributed by atoms with Gasteiger partial charge in [-0.15, -0.1) is 0 Å². The molecule has 0 spiro atoms. The molecule has 0 heterocycles. The van der Waals surface area contributed by atoms with Crippen LogP contribution in [0.25, 0.3) is 0 Å². The van der Waals surface area contributed by atoms with Gasteiger partial charge in [-0.25, -0.2) is 0 Å². The maximum Gasteiger partial charge on any atom is 0.105 e. The summed E-state index contributed by atoms with van der Waals surface area (Å²) < 4.78 is 0.895. The standard InChI is InChI=1S/C14H12BrClO/c1-9-6-7-10(16)8-12(9)14(17)11-4-2-3-5-13(11)15/h2-8,14,17H,1H3/t14-/m0/s1. The van der Waals surface area contributed by atoms with Crippen LogP contribution in [0.4, 0.5) is 0 Å². The minimum atomic E-state index is -0.663. The number of rotatable bonds is 2. The average Bonchev–Trinajstić information content (AvgIpc) is 2.32. The third kappa shape index (κ3) is 2.71. The van der Waals surface area contributed by atoms with Gasteiger partial charge < -0.3 is 5.11 Å². The van der Waals surface area contributed by atoms with E-state index >= 15 is 0 Å². The molecule has 0 bridgehead atoms. The molecule has 2 rings (SSSR count). The SMILES string of the molecule is Cc1ccc(Cl)cc1[C@@H](O)c1ccccc1Br. The largest absolute Gasteiger partial charge is 0.384 e. The fraction of sp³-hybridized carbons (Fsp3) is 0.143. The highest BCUT2D eigenvalue weighted by Crippen LogP contribution is 2.31. The van der Waals surface area contributed by atoms with E-state index in [-0.39, 0.29) is 0 Å². The Bertz CT molecular complexity index is 539. The molecule has 1 nitrogen and oxygen atoms in total. The molecular formula is C14H12BrClO. The molecule has 2 aromatic rings. The number of benzene rings is 2. The third-order valence-corrected chi connectivity index (χ3v) is 3.69. The van der Waals surface area contributed by atoms with Gasteiger partial charge in [-0.2, -0.15) is 0 Å². The van der Waals surface area contributed by atoms with Gasteiger partial charge in [0.2, 0.25) is 0 Å². The molecular weight excluding hydrogens is 300 g/mol. The van der Waals surface area contributed by atoms with Crippen LogP contribution in [-0.2, 0) is 0 Å². The zero-order valence-electron chi connectivity index (χ0n) is 9.32. The van der Waals surface area contributed by atoms with E-state index in [1.54, 1.807) is 6.07 Å². The maximum atomic E-state index is 10.4. The summed E-state index contributed by atoms with van der Waals surface area (Å²) in [6, 6.07) is 13.2. The first-order chi connectivity index (χ1) is 8.09. The summed E-state index contributed by atoms with van der Waals surface area (Å²) in [5.41, 5.74) is 2.71. The van der Waals surface area contributed by atoms with E-state index in [0.29, 0.717) is 5.02 Å². The molecule has 0 amide bonds. The second kappa shape index (κ2) is 5.21. The van der Waals surface area contributed by atoms with Crippen molar-refractivity contribution in [2.24, 2.45) is 0 Å². The van der Waals surface area contributed by atoms with E-state index in [1.807, 2.05) is 43.3 Å². The van der Waals surface area contributed by atoms with Gasteiger partial charge in [-0.05, 0) is 41.8 Å². The summed E-state index contributed by atoms with van der Waals surface area (Å²) in [6.07, 6.45) is -0.663. The molecule has 88 valence electrons. The Hall–Kier alpha value is -0.830. The van der Waals surface area contributed by atoms with Crippen molar-refractivity contribution in [3.63, 3.8) is 0 Å². The van der Waals surface area contributed by atoms with Crippen molar-refractivity contribution in [3.8, 4) is 0 Å². The summed E-state index contributed by atoms with van der Waals surface area (Å²) in [5, 5.41) is 11.0. The fourth-order valence-electron chi connectivity index (χ4n) is 1.77. The summed E-state index contributed by atoms with van der Waals surface area (Å²) in [5.74, 6) is 0. The number of aliphatic hydroxyl groups is 1. The average molecular weight is 312 g/mol. The van der Waals surface area contributed by atoms with E-state index < -0.39 is 6.10 Å². The van der Waals surface area contributed by atoms with Crippen molar-refractivity contribution < 1.29 is 5.11 Å². The van der Waals surface area contributed by atoms with Crippen molar-refractivity contribution in [1.29, 1.82) is 0 Å². The summed E-state index contributed by atoms with van der Waals surface area (Å²) in [7, 11) is 0. The van der Waals surface area contributed by atoms with Crippen LogP contribution in [0.5, 0.6) is 0 Å². The molecule has 3 heteroatoms. The van der Waals surface area contributed by atoms with Crippen molar-refractivity contribution in [1.82, 2.24) is 0 Å². The first kappa shape index (κ1) is 12.6. The minimum absolute atomic E-state index is 0.636. The van der Waals surface area contributed by atoms with Crippen LogP contribution >= 0.6 is 27.5 Å². The third-order valence-electron chi connectivity index (χ3n) is 2.74. The quantitative estimate of drug-likeness (QED) is 0.866. The van der Waals surface area contributed by atoms with Gasteiger partial charge in [-0.1, -0.05) is 51.8 Å². The lowest BCUT2D eigenvalue weighted by Gasteiger charge is -2.15. The number of aliphatic hydroxyl groups excluding tert-OH is 1. The van der Waals surface area contributed by atoms with Gasteiger partial charge in [-0.3, -0.25) is 0 Å². The highest BCUT2D eigenvalue weighted by molar-refractivity contribution is 9.10. The molecule has 0 fully saturated rings. The van der Waals surface area contributed by atoms with E-state index in [1.165, 1.54) is 0 Å². The smallest absolute Gasteiger partial charge is 0.105 e. The summed E-state index contributed by atoms with van der Waals surface area (Å²) in [4.78, 5) is 0. The lowest BCUT2D eigenvalue weighted by molar-refractivity contribution is 0.219. The van der Waals surface area contributed by atoms with Crippen LogP contribution in [0, 0.1) is 6.92 Å². The Morgan fingerprint density at radius 3 is 2.53 bits per heavy atom. The predicted molar refractivity (Wildman–Crippen MR) is 74.4 cm³/mol. The van der Waals surface area contributed by atoms with Gasteiger partial charge in [0.15, 0.2) is 0 Å². The van der Waals surface area contributed by atoms with Crippen molar-refractivity contribution in [2.75, 3.05) is 0 Å². The highest BCUT2D eigenvalue weighted by Gasteiger charge is 2.15. The van der Waals surface area contributed by atoms with Crippen LogP contribution in [0.15, 0.2) is 46.9 Å². The van der Waals surface area contributed by atoms with Gasteiger partial charge in [0, 0.05) is 9.50 Å². The second-order valence-corrected chi connectivity index (χ2v) is 5.22. The molecule has 0 aliphatic rings. The van der Waals surface area contributed by atoms with Gasteiger partial charge in [0.1, 0.15) is 6.10 Å². The molecule has 0 aliphatic heterocycles. The van der Waals surface area contributed by atoms with Crippen LogP contribution in [0.2, 0.25) is 5.02 Å². The molecule has 0 aromatic heterocycles. The molecule has 0 radical (unpaired) electrons. The van der Waals surface area contributed by atoms with Crippen molar-refractivity contribution in [3.05, 3.63) is 68.7 Å². The Kier molecular flexibility index (Phi) is 3.87. The fourth-order valence-corrected chi connectivity index (χ4v) is 2.45. The van der Waals surface area contributed by atoms with Crippen LogP contribution in [0.3, 0.4) is 0 Å². The van der Waals surface area contributed by atoms with E-state index in [4.69, 9.17) is 11.6 Å². The molecule has 1 N–H and O–H groups in total. The molecule has 0 saturated heterocycles. The predicted octanol–water partition coefficient (Wildman–Crippen LogP) is 4.49. The number of hydrogen-bond donors (Lipinski definition) is 1. The van der Waals surface area contributed by atoms with E-state index in [0.717, 1.165) is 21.2 Å². The highest BCUT2D eigenvalue weighted by atomic mass is 79.9. The van der Waals surface area contributed by atoms with Gasteiger partial charge >= 0.3 is 0 Å². The van der Waals surface area contributed by atoms with E-state index in [2.05, 4.69) is 15.9 Å². The molecule has 2 aromatic carbocycles. The first-order valence-electron chi connectivity index (χ1n) is 5.28. The van der Waals surface area contributed by atoms with Crippen LogP contribution < -0.4 is 0 Å². The molecule has 17 heavy (non-hydrogen) atoms. The monoisotopic (exact) mass is 310 g/mol. The number of aryl methyl sites for hydroxylation is 1. The molecule has 0 saturated carbocycles. The zero-order valence-corrected chi connectivity index (χ0v) is 11.7. The van der Waals surface area contributed by atoms with Crippen molar-refractivity contribution >= 4 is 27.5 Å². The molecule has 1 atom stereocenters. The zero-order chi connectivity index (χ0) is 12.4. The Balaban J connectivity index is 2.47. The minimum Gasteiger partial charge on any atom is -0.384 e. The number of hydrogen-bond acceptors (Lipinski definition) is 1. The Morgan fingerprint density at radius 1 is 1.12 bits per heavy atom. The lowest BCUT2D eigenvalue weighted by atomic mass is 9.98. The molecule has 0 unspecified atom stereocenters. The van der Waals surface area contributed by atoms with Crippen molar-refractivity contribution in [2.45, 2.75) is 13.0 Å². The first-order valence-corrected chi connectivity index (χ1v) is 6.45. The Labute approximate surface area is 114 Å². The molecule has 0 aliphatic carbocycles. The second-order valence-electron chi connectivity index (χ2n) is 3.92. The van der Waals surface area contributed by atoms with E-state index in [9.17, 15) is 5.11 Å². The Morgan fingerprint density at radius 2 is 1.82 bits per heavy atom. The number of halogens is 2. The van der Waals surface area contributed by atoms with Crippen LogP contribution in [0.1, 0.15) is 22.8 Å². The maximum absolute atomic E-state index is 10.4. The topological polar surface area (TPSA) is 20.2 Å². The normalized spacial score (nSPS) is 12.5. The lowest BCUT2D eigenvalue weighted by Crippen LogP contribution is -2.02. The summed E-state index contributed by atoms with van der Waals surface area (Å²) in [6.45, 7) is 1.96. The van der Waals surface area contributed by atoms with Gasteiger partial charge in [0.05, 0.1) is 0 Å². The van der Waals surface area contributed by atoms with Gasteiger partial charge in [0.25, 0.3) is 0 Å².